The Balaban J connectivity index is 1.81. The maximum absolute atomic E-state index is 13.1. The van der Waals surface area contributed by atoms with Crippen molar-refractivity contribution < 1.29 is 16.8 Å². The third-order valence-electron chi connectivity index (χ3n) is 4.51. The highest BCUT2D eigenvalue weighted by atomic mass is 32.2. The lowest BCUT2D eigenvalue weighted by molar-refractivity contribution is 0.592. The molecule has 0 aliphatic carbocycles. The van der Waals surface area contributed by atoms with Crippen molar-refractivity contribution in [2.24, 2.45) is 5.14 Å². The fourth-order valence-electron chi connectivity index (χ4n) is 3.16. The average Bonchev–Trinajstić information content (AvgIpc) is 3.05. The second-order valence-corrected chi connectivity index (χ2v) is 9.70. The highest BCUT2D eigenvalue weighted by Crippen LogP contribution is 2.34. The fourth-order valence-corrected chi connectivity index (χ4v) is 5.25. The Kier molecular flexibility index (Phi) is 3.96. The average molecular weight is 422 g/mol. The molecule has 4 rings (SSSR count). The number of H-pyrrole nitrogens is 2. The summed E-state index contributed by atoms with van der Waals surface area (Å²) in [4.78, 5) is 27.4. The number of fused-ring (bicyclic) bond motifs is 2. The van der Waals surface area contributed by atoms with Crippen LogP contribution in [-0.2, 0) is 26.5 Å². The van der Waals surface area contributed by atoms with Crippen LogP contribution in [-0.4, -0.2) is 33.3 Å². The smallest absolute Gasteiger partial charge is 0.314 e. The molecule has 0 amide bonds. The van der Waals surface area contributed by atoms with Gasteiger partial charge in [-0.2, -0.15) is 0 Å². The van der Waals surface area contributed by atoms with E-state index in [-0.39, 0.29) is 21.9 Å². The first-order chi connectivity index (χ1) is 13.1. The summed E-state index contributed by atoms with van der Waals surface area (Å²) >= 11 is 0. The van der Waals surface area contributed by atoms with Gasteiger partial charge in [-0.3, -0.25) is 13.9 Å². The van der Waals surface area contributed by atoms with Crippen molar-refractivity contribution in [2.75, 3.05) is 10.8 Å². The van der Waals surface area contributed by atoms with Gasteiger partial charge in [-0.15, -0.1) is 0 Å². The summed E-state index contributed by atoms with van der Waals surface area (Å²) in [7, 11) is -7.87. The first-order valence-electron chi connectivity index (χ1n) is 8.02. The molecule has 10 nitrogen and oxygen atoms in total. The van der Waals surface area contributed by atoms with Crippen molar-refractivity contribution in [3.05, 3.63) is 62.7 Å². The van der Waals surface area contributed by atoms with Crippen LogP contribution < -0.4 is 20.6 Å². The first kappa shape index (κ1) is 18.4. The topological polar surface area (TPSA) is 163 Å². The number of nitrogens with zero attached hydrogens (tertiary/aromatic N) is 1. The quantitative estimate of drug-likeness (QED) is 0.487. The van der Waals surface area contributed by atoms with Gasteiger partial charge in [0.2, 0.25) is 10.0 Å². The van der Waals surface area contributed by atoms with E-state index in [1.165, 1.54) is 40.7 Å². The number of aromatic nitrogens is 2. The van der Waals surface area contributed by atoms with E-state index in [9.17, 15) is 26.4 Å². The molecule has 1 aliphatic rings. The molecule has 2 heterocycles. The summed E-state index contributed by atoms with van der Waals surface area (Å²) < 4.78 is 50.4. The SMILES string of the molecule is NS(=O)(=O)c1ccc2c(c1)CCN2S(=O)(=O)c1ccc2[nH]c(=O)c(=O)[nH]c2c1. The Morgan fingerprint density at radius 1 is 0.857 bits per heavy atom. The van der Waals surface area contributed by atoms with E-state index in [0.717, 1.165) is 0 Å². The van der Waals surface area contributed by atoms with Crippen molar-refractivity contribution in [2.45, 2.75) is 16.2 Å². The lowest BCUT2D eigenvalue weighted by atomic mass is 10.2. The largest absolute Gasteiger partial charge is 0.316 e. The zero-order valence-electron chi connectivity index (χ0n) is 14.2. The number of rotatable bonds is 3. The van der Waals surface area contributed by atoms with Crippen molar-refractivity contribution in [3.8, 4) is 0 Å². The summed E-state index contributed by atoms with van der Waals surface area (Å²) in [5.74, 6) is 0. The fraction of sp³-hybridized carbons (Fsp3) is 0.125. The summed E-state index contributed by atoms with van der Waals surface area (Å²) in [6.45, 7) is 0.131. The van der Waals surface area contributed by atoms with E-state index < -0.39 is 31.2 Å². The molecule has 0 saturated carbocycles. The van der Waals surface area contributed by atoms with Crippen LogP contribution in [0.2, 0.25) is 0 Å². The van der Waals surface area contributed by atoms with Gasteiger partial charge in [0.05, 0.1) is 26.5 Å². The molecule has 0 radical (unpaired) electrons. The zero-order valence-corrected chi connectivity index (χ0v) is 15.8. The number of aromatic amines is 2. The number of hydrogen-bond acceptors (Lipinski definition) is 6. The number of primary sulfonamides is 1. The van der Waals surface area contributed by atoms with Crippen molar-refractivity contribution in [3.63, 3.8) is 0 Å². The second-order valence-electron chi connectivity index (χ2n) is 6.28. The molecule has 0 spiro atoms. The molecule has 0 fully saturated rings. The third-order valence-corrected chi connectivity index (χ3v) is 7.23. The van der Waals surface area contributed by atoms with Crippen LogP contribution in [0.5, 0.6) is 0 Å². The van der Waals surface area contributed by atoms with E-state index in [1.807, 2.05) is 0 Å². The van der Waals surface area contributed by atoms with Crippen LogP contribution in [0.1, 0.15) is 5.56 Å². The number of nitrogens with one attached hydrogen (secondary N) is 2. The molecule has 0 atom stereocenters. The van der Waals surface area contributed by atoms with Crippen LogP contribution in [0.25, 0.3) is 11.0 Å². The number of benzene rings is 2. The Hall–Kier alpha value is -2.96. The van der Waals surface area contributed by atoms with E-state index in [4.69, 9.17) is 5.14 Å². The molecule has 1 aliphatic heterocycles. The molecule has 0 unspecified atom stereocenters. The summed E-state index contributed by atoms with van der Waals surface area (Å²) in [6, 6.07) is 8.00. The zero-order chi connectivity index (χ0) is 20.3. The Bertz CT molecular complexity index is 1450. The highest BCUT2D eigenvalue weighted by Gasteiger charge is 2.31. The summed E-state index contributed by atoms with van der Waals surface area (Å²) in [6.07, 6.45) is 0.329. The predicted octanol–water partition coefficient (Wildman–Crippen LogP) is -0.385. The Labute approximate surface area is 158 Å². The van der Waals surface area contributed by atoms with E-state index in [2.05, 4.69) is 9.97 Å². The Morgan fingerprint density at radius 2 is 1.50 bits per heavy atom. The van der Waals surface area contributed by atoms with Crippen LogP contribution >= 0.6 is 0 Å². The van der Waals surface area contributed by atoms with Gasteiger partial charge < -0.3 is 9.97 Å². The monoisotopic (exact) mass is 422 g/mol. The first-order valence-corrected chi connectivity index (χ1v) is 11.0. The number of hydrogen-bond donors (Lipinski definition) is 3. The number of anilines is 1. The van der Waals surface area contributed by atoms with Crippen LogP contribution in [0, 0.1) is 0 Å². The second kappa shape index (κ2) is 6.02. The van der Waals surface area contributed by atoms with Gasteiger partial charge in [0.25, 0.3) is 10.0 Å². The van der Waals surface area contributed by atoms with Gasteiger partial charge in [0.15, 0.2) is 0 Å². The normalized spacial score (nSPS) is 14.4. The van der Waals surface area contributed by atoms with Gasteiger partial charge in [0, 0.05) is 6.54 Å². The summed E-state index contributed by atoms with van der Waals surface area (Å²) in [5, 5.41) is 5.12. The van der Waals surface area contributed by atoms with Crippen molar-refractivity contribution >= 4 is 36.8 Å². The van der Waals surface area contributed by atoms with Gasteiger partial charge in [0.1, 0.15) is 0 Å². The standard InChI is InChI=1S/C16H14N4O6S2/c17-27(23,24)10-2-4-14-9(7-10)5-6-20(14)28(25,26)11-1-3-12-13(8-11)19-16(22)15(21)18-12/h1-4,7-8H,5-6H2,(H,18,21)(H,19,22)(H2,17,23,24). The Morgan fingerprint density at radius 3 is 2.18 bits per heavy atom. The number of nitrogens with two attached hydrogens (primary N) is 1. The number of sulfonamides is 2. The van der Waals surface area contributed by atoms with Crippen LogP contribution in [0.3, 0.4) is 0 Å². The molecule has 0 bridgehead atoms. The maximum atomic E-state index is 13.1. The van der Waals surface area contributed by atoms with E-state index >= 15 is 0 Å². The third kappa shape index (κ3) is 2.91. The maximum Gasteiger partial charge on any atom is 0.314 e. The van der Waals surface area contributed by atoms with Crippen LogP contribution in [0.4, 0.5) is 5.69 Å². The molecule has 0 saturated heterocycles. The molecular weight excluding hydrogens is 408 g/mol. The summed E-state index contributed by atoms with van der Waals surface area (Å²) in [5.41, 5.74) is -0.333. The van der Waals surface area contributed by atoms with Gasteiger partial charge in [-0.05, 0) is 48.4 Å². The minimum absolute atomic E-state index is 0.0777. The van der Waals surface area contributed by atoms with Crippen molar-refractivity contribution in [1.82, 2.24) is 9.97 Å². The van der Waals surface area contributed by atoms with E-state index in [1.54, 1.807) is 0 Å². The van der Waals surface area contributed by atoms with E-state index in [0.29, 0.717) is 23.2 Å². The van der Waals surface area contributed by atoms with Gasteiger partial charge >= 0.3 is 11.1 Å². The molecule has 1 aromatic heterocycles. The molecule has 4 N–H and O–H groups in total. The molecule has 146 valence electrons. The minimum Gasteiger partial charge on any atom is -0.316 e. The van der Waals surface area contributed by atoms with Crippen molar-refractivity contribution in [1.29, 1.82) is 0 Å². The highest BCUT2D eigenvalue weighted by molar-refractivity contribution is 7.92. The molecule has 28 heavy (non-hydrogen) atoms. The van der Waals surface area contributed by atoms with Crippen LogP contribution in [0.15, 0.2) is 55.8 Å². The molecular formula is C16H14N4O6S2. The molecule has 12 heteroatoms. The predicted molar refractivity (Wildman–Crippen MR) is 101 cm³/mol. The minimum atomic E-state index is -3.98. The lowest BCUT2D eigenvalue weighted by Crippen LogP contribution is -2.30. The van der Waals surface area contributed by atoms with Gasteiger partial charge in [-0.1, -0.05) is 0 Å². The molecule has 2 aromatic carbocycles. The lowest BCUT2D eigenvalue weighted by Gasteiger charge is -2.20. The molecule has 3 aromatic rings. The van der Waals surface area contributed by atoms with Gasteiger partial charge in [-0.25, -0.2) is 22.0 Å².